The molecule has 2 aromatic rings. The minimum absolute atomic E-state index is 0.0800. The summed E-state index contributed by atoms with van der Waals surface area (Å²) in [4.78, 5) is 17.0. The molecule has 2 fully saturated rings. The molecule has 1 amide bonds. The molecule has 2 aliphatic rings. The van der Waals surface area contributed by atoms with Crippen LogP contribution in [0.4, 0.5) is 4.39 Å². The predicted octanol–water partition coefficient (Wildman–Crippen LogP) is 1.60. The summed E-state index contributed by atoms with van der Waals surface area (Å²) in [6, 6.07) is 1.49. The molecule has 122 valence electrons. The van der Waals surface area contributed by atoms with Gasteiger partial charge < -0.3 is 10.6 Å². The number of carbonyl (C=O) groups is 1. The maximum absolute atomic E-state index is 13.8. The van der Waals surface area contributed by atoms with E-state index in [0.717, 1.165) is 24.2 Å². The van der Waals surface area contributed by atoms with Crippen molar-refractivity contribution >= 4 is 11.4 Å². The van der Waals surface area contributed by atoms with Crippen molar-refractivity contribution < 1.29 is 9.18 Å². The zero-order chi connectivity index (χ0) is 16.4. The van der Waals surface area contributed by atoms with E-state index in [1.54, 1.807) is 10.6 Å². The van der Waals surface area contributed by atoms with Gasteiger partial charge in [0.2, 0.25) is 5.91 Å². The number of hydrogen-bond acceptors (Lipinski definition) is 3. The van der Waals surface area contributed by atoms with Crippen LogP contribution in [0, 0.1) is 30.5 Å². The molecule has 3 heterocycles. The fourth-order valence-electron chi connectivity index (χ4n) is 3.94. The van der Waals surface area contributed by atoms with Crippen molar-refractivity contribution in [2.75, 3.05) is 13.1 Å². The van der Waals surface area contributed by atoms with Gasteiger partial charge in [0.25, 0.3) is 0 Å². The molecule has 2 N–H and O–H groups in total. The average Bonchev–Trinajstić information content (AvgIpc) is 2.84. The SMILES string of the molecule is Cc1cc(F)cn2c(C(C)(C)NC(=O)C3[C@H]4CNC[C@@H]34)ncc12. The Morgan fingerprint density at radius 3 is 2.83 bits per heavy atom. The van der Waals surface area contributed by atoms with E-state index in [2.05, 4.69) is 15.6 Å². The van der Waals surface area contributed by atoms with Gasteiger partial charge >= 0.3 is 0 Å². The Morgan fingerprint density at radius 1 is 1.43 bits per heavy atom. The number of nitrogens with one attached hydrogen (secondary N) is 2. The number of hydrogen-bond donors (Lipinski definition) is 2. The second-order valence-electron chi connectivity index (χ2n) is 7.30. The first kappa shape index (κ1) is 14.6. The van der Waals surface area contributed by atoms with Crippen molar-refractivity contribution in [2.24, 2.45) is 17.8 Å². The lowest BCUT2D eigenvalue weighted by molar-refractivity contribution is -0.124. The van der Waals surface area contributed by atoms with Crippen LogP contribution in [0.15, 0.2) is 18.5 Å². The number of piperidine rings is 1. The van der Waals surface area contributed by atoms with E-state index >= 15 is 0 Å². The zero-order valence-electron chi connectivity index (χ0n) is 13.6. The van der Waals surface area contributed by atoms with Crippen molar-refractivity contribution in [1.29, 1.82) is 0 Å². The topological polar surface area (TPSA) is 58.4 Å². The number of aryl methyl sites for hydroxylation is 1. The molecular weight excluding hydrogens is 295 g/mol. The second kappa shape index (κ2) is 4.77. The number of amides is 1. The quantitative estimate of drug-likeness (QED) is 0.904. The number of halogens is 1. The number of pyridine rings is 1. The lowest BCUT2D eigenvalue weighted by Gasteiger charge is -2.26. The third-order valence-corrected chi connectivity index (χ3v) is 5.20. The first-order chi connectivity index (χ1) is 10.9. The van der Waals surface area contributed by atoms with Gasteiger partial charge in [0.1, 0.15) is 11.6 Å². The molecule has 4 rings (SSSR count). The molecular formula is C17H21FN4O. The predicted molar refractivity (Wildman–Crippen MR) is 84.4 cm³/mol. The fourth-order valence-corrected chi connectivity index (χ4v) is 3.94. The van der Waals surface area contributed by atoms with Crippen molar-refractivity contribution in [3.05, 3.63) is 35.7 Å². The summed E-state index contributed by atoms with van der Waals surface area (Å²) in [5.74, 6) is 1.48. The lowest BCUT2D eigenvalue weighted by Crippen LogP contribution is -2.44. The molecule has 1 aliphatic carbocycles. The molecule has 5 nitrogen and oxygen atoms in total. The van der Waals surface area contributed by atoms with Crippen LogP contribution >= 0.6 is 0 Å². The van der Waals surface area contributed by atoms with Crippen LogP contribution in [-0.4, -0.2) is 28.4 Å². The van der Waals surface area contributed by atoms with E-state index in [9.17, 15) is 9.18 Å². The van der Waals surface area contributed by atoms with Crippen LogP contribution in [0.3, 0.4) is 0 Å². The Labute approximate surface area is 134 Å². The normalized spacial score (nSPS) is 26.3. The number of nitrogens with zero attached hydrogens (tertiary/aromatic N) is 2. The highest BCUT2D eigenvalue weighted by Crippen LogP contribution is 2.49. The molecule has 2 aromatic heterocycles. The van der Waals surface area contributed by atoms with E-state index in [-0.39, 0.29) is 17.6 Å². The summed E-state index contributed by atoms with van der Waals surface area (Å²) in [6.45, 7) is 7.54. The summed E-state index contributed by atoms with van der Waals surface area (Å²) in [7, 11) is 0. The first-order valence-electron chi connectivity index (χ1n) is 8.05. The highest BCUT2D eigenvalue weighted by Gasteiger charge is 2.57. The number of fused-ring (bicyclic) bond motifs is 2. The summed E-state index contributed by atoms with van der Waals surface area (Å²) < 4.78 is 15.5. The molecule has 3 atom stereocenters. The van der Waals surface area contributed by atoms with Crippen LogP contribution in [-0.2, 0) is 10.3 Å². The van der Waals surface area contributed by atoms with Gasteiger partial charge in [-0.15, -0.1) is 0 Å². The molecule has 1 saturated heterocycles. The smallest absolute Gasteiger partial charge is 0.224 e. The Kier molecular flexibility index (Phi) is 3.04. The summed E-state index contributed by atoms with van der Waals surface area (Å²) >= 11 is 0. The number of imidazole rings is 1. The molecule has 1 saturated carbocycles. The van der Waals surface area contributed by atoms with Gasteiger partial charge in [0, 0.05) is 12.1 Å². The lowest BCUT2D eigenvalue weighted by atomic mass is 10.0. The van der Waals surface area contributed by atoms with Gasteiger partial charge in [-0.05, 0) is 57.3 Å². The Bertz CT molecular complexity index is 787. The number of carbonyl (C=O) groups excluding carboxylic acids is 1. The molecule has 0 spiro atoms. The largest absolute Gasteiger partial charge is 0.344 e. The van der Waals surface area contributed by atoms with Crippen LogP contribution in [0.5, 0.6) is 0 Å². The maximum Gasteiger partial charge on any atom is 0.224 e. The summed E-state index contributed by atoms with van der Waals surface area (Å²) in [5, 5.41) is 6.40. The Morgan fingerprint density at radius 2 is 2.13 bits per heavy atom. The van der Waals surface area contributed by atoms with Gasteiger partial charge in [-0.2, -0.15) is 0 Å². The molecule has 6 heteroatoms. The minimum Gasteiger partial charge on any atom is -0.344 e. The van der Waals surface area contributed by atoms with E-state index in [1.807, 2.05) is 20.8 Å². The summed E-state index contributed by atoms with van der Waals surface area (Å²) in [6.07, 6.45) is 3.15. The average molecular weight is 316 g/mol. The third-order valence-electron chi connectivity index (χ3n) is 5.20. The fraction of sp³-hybridized carbons (Fsp3) is 0.529. The van der Waals surface area contributed by atoms with Crippen LogP contribution < -0.4 is 10.6 Å². The van der Waals surface area contributed by atoms with Crippen molar-refractivity contribution in [3.8, 4) is 0 Å². The monoisotopic (exact) mass is 316 g/mol. The minimum atomic E-state index is -0.659. The van der Waals surface area contributed by atoms with E-state index < -0.39 is 5.54 Å². The van der Waals surface area contributed by atoms with Crippen molar-refractivity contribution in [2.45, 2.75) is 26.3 Å². The van der Waals surface area contributed by atoms with Crippen molar-refractivity contribution in [3.63, 3.8) is 0 Å². The highest BCUT2D eigenvalue weighted by molar-refractivity contribution is 5.83. The Hall–Kier alpha value is -1.95. The maximum atomic E-state index is 13.8. The van der Waals surface area contributed by atoms with Gasteiger partial charge in [0.05, 0.1) is 17.3 Å². The van der Waals surface area contributed by atoms with Crippen LogP contribution in [0.1, 0.15) is 25.2 Å². The van der Waals surface area contributed by atoms with Gasteiger partial charge in [0.15, 0.2) is 0 Å². The molecule has 1 aliphatic heterocycles. The molecule has 0 radical (unpaired) electrons. The first-order valence-corrected chi connectivity index (χ1v) is 8.05. The van der Waals surface area contributed by atoms with Gasteiger partial charge in [-0.1, -0.05) is 0 Å². The summed E-state index contributed by atoms with van der Waals surface area (Å²) in [5.41, 5.74) is 1.03. The Balaban J connectivity index is 1.62. The molecule has 0 bridgehead atoms. The zero-order valence-corrected chi connectivity index (χ0v) is 13.6. The molecule has 23 heavy (non-hydrogen) atoms. The van der Waals surface area contributed by atoms with E-state index in [1.165, 1.54) is 12.3 Å². The highest BCUT2D eigenvalue weighted by atomic mass is 19.1. The van der Waals surface area contributed by atoms with E-state index in [0.29, 0.717) is 17.7 Å². The van der Waals surface area contributed by atoms with Crippen LogP contribution in [0.25, 0.3) is 5.52 Å². The second-order valence-corrected chi connectivity index (χ2v) is 7.30. The van der Waals surface area contributed by atoms with Gasteiger partial charge in [-0.3, -0.25) is 9.20 Å². The van der Waals surface area contributed by atoms with E-state index in [4.69, 9.17) is 0 Å². The standard InChI is InChI=1S/C17H21FN4O/c1-9-4-10(18)8-22-13(9)7-20-16(22)17(2,3)21-15(23)14-11-5-19-6-12(11)14/h4,7-8,11-12,14,19H,5-6H2,1-3H3,(H,21,23)/t11-,12+,14?. The van der Waals surface area contributed by atoms with Gasteiger partial charge in [-0.25, -0.2) is 9.37 Å². The number of aromatic nitrogens is 2. The van der Waals surface area contributed by atoms with Crippen molar-refractivity contribution in [1.82, 2.24) is 20.0 Å². The molecule has 1 unspecified atom stereocenters. The molecule has 0 aromatic carbocycles. The number of rotatable bonds is 3. The van der Waals surface area contributed by atoms with Crippen LogP contribution in [0.2, 0.25) is 0 Å². The third kappa shape index (κ3) is 2.24.